The maximum Gasteiger partial charge on any atom is 0.0809 e. The van der Waals surface area contributed by atoms with Crippen LogP contribution in [0, 0.1) is 5.92 Å². The Labute approximate surface area is 117 Å². The van der Waals surface area contributed by atoms with E-state index in [1.165, 1.54) is 16.7 Å². The predicted molar refractivity (Wildman–Crippen MR) is 79.3 cm³/mol. The van der Waals surface area contributed by atoms with E-state index in [9.17, 15) is 5.11 Å². The van der Waals surface area contributed by atoms with Crippen LogP contribution in [0.2, 0.25) is 0 Å². The Bertz CT molecular complexity index is 554. The van der Waals surface area contributed by atoms with Gasteiger partial charge in [-0.25, -0.2) is 0 Å². The van der Waals surface area contributed by atoms with Crippen molar-refractivity contribution in [1.82, 2.24) is 9.88 Å². The van der Waals surface area contributed by atoms with Gasteiger partial charge in [-0.15, -0.1) is 11.3 Å². The first kappa shape index (κ1) is 13.0. The minimum atomic E-state index is -0.0969. The number of aliphatic hydroxyl groups is 1. The molecule has 4 heteroatoms. The summed E-state index contributed by atoms with van der Waals surface area (Å²) in [6.45, 7) is 1.88. The molecular weight excluding hydrogens is 256 g/mol. The molecule has 0 amide bonds. The molecule has 1 saturated carbocycles. The molecule has 102 valence electrons. The quantitative estimate of drug-likeness (QED) is 0.933. The van der Waals surface area contributed by atoms with Crippen molar-refractivity contribution in [2.45, 2.75) is 31.9 Å². The summed E-state index contributed by atoms with van der Waals surface area (Å²) in [7, 11) is 2.13. The van der Waals surface area contributed by atoms with Gasteiger partial charge in [0, 0.05) is 19.3 Å². The Kier molecular flexibility index (Phi) is 3.82. The molecule has 1 N–H and O–H groups in total. The van der Waals surface area contributed by atoms with Gasteiger partial charge in [0.25, 0.3) is 0 Å². The molecule has 0 saturated heterocycles. The number of aliphatic hydroxyl groups excluding tert-OH is 1. The molecule has 3 rings (SSSR count). The van der Waals surface area contributed by atoms with E-state index >= 15 is 0 Å². The van der Waals surface area contributed by atoms with Crippen molar-refractivity contribution in [3.05, 3.63) is 29.3 Å². The van der Waals surface area contributed by atoms with E-state index in [1.54, 1.807) is 11.3 Å². The maximum absolute atomic E-state index is 9.88. The molecule has 2 heterocycles. The van der Waals surface area contributed by atoms with Crippen LogP contribution in [0.25, 0.3) is 10.2 Å². The third-order valence-electron chi connectivity index (χ3n) is 3.98. The molecule has 0 aromatic carbocycles. The highest BCUT2D eigenvalue weighted by molar-refractivity contribution is 7.17. The molecule has 1 aliphatic carbocycles. The molecular formula is C15H20N2OS. The topological polar surface area (TPSA) is 36.4 Å². The van der Waals surface area contributed by atoms with Crippen LogP contribution >= 0.6 is 11.3 Å². The highest BCUT2D eigenvalue weighted by Crippen LogP contribution is 2.26. The second-order valence-electron chi connectivity index (χ2n) is 5.60. The monoisotopic (exact) mass is 276 g/mol. The van der Waals surface area contributed by atoms with Crippen LogP contribution in [-0.4, -0.2) is 34.7 Å². The van der Waals surface area contributed by atoms with E-state index in [4.69, 9.17) is 0 Å². The molecule has 3 nitrogen and oxygen atoms in total. The van der Waals surface area contributed by atoms with Crippen LogP contribution in [0.15, 0.2) is 23.7 Å². The summed E-state index contributed by atoms with van der Waals surface area (Å²) in [5, 5.41) is 12.0. The molecule has 0 aliphatic heterocycles. The van der Waals surface area contributed by atoms with Crippen LogP contribution in [0.1, 0.15) is 24.8 Å². The zero-order chi connectivity index (χ0) is 13.2. The van der Waals surface area contributed by atoms with E-state index < -0.39 is 0 Å². The Morgan fingerprint density at radius 3 is 3.16 bits per heavy atom. The summed E-state index contributed by atoms with van der Waals surface area (Å²) in [6.07, 6.45) is 5.17. The third-order valence-corrected chi connectivity index (χ3v) is 4.83. The van der Waals surface area contributed by atoms with E-state index in [0.29, 0.717) is 5.92 Å². The van der Waals surface area contributed by atoms with Gasteiger partial charge in [0.15, 0.2) is 0 Å². The highest BCUT2D eigenvalue weighted by Gasteiger charge is 2.26. The Balaban J connectivity index is 1.63. The van der Waals surface area contributed by atoms with Gasteiger partial charge in [-0.2, -0.15) is 0 Å². The average Bonchev–Trinajstić information content (AvgIpc) is 2.98. The summed E-state index contributed by atoms with van der Waals surface area (Å²) in [6, 6.07) is 4.29. The SMILES string of the molecule is CN(Cc1cnc2ccsc2c1)CC1CCCC1O. The van der Waals surface area contributed by atoms with Gasteiger partial charge in [-0.1, -0.05) is 6.42 Å². The minimum Gasteiger partial charge on any atom is -0.393 e. The van der Waals surface area contributed by atoms with Crippen molar-refractivity contribution >= 4 is 21.6 Å². The first-order valence-electron chi connectivity index (χ1n) is 6.91. The second kappa shape index (κ2) is 5.57. The molecule has 19 heavy (non-hydrogen) atoms. The van der Waals surface area contributed by atoms with E-state index in [2.05, 4.69) is 34.4 Å². The zero-order valence-corrected chi connectivity index (χ0v) is 12.1. The molecule has 1 fully saturated rings. The van der Waals surface area contributed by atoms with Crippen LogP contribution in [0.3, 0.4) is 0 Å². The van der Waals surface area contributed by atoms with Crippen molar-refractivity contribution in [3.8, 4) is 0 Å². The van der Waals surface area contributed by atoms with E-state index in [0.717, 1.165) is 31.4 Å². The van der Waals surface area contributed by atoms with Gasteiger partial charge in [0.05, 0.1) is 16.3 Å². The summed E-state index contributed by atoms with van der Waals surface area (Å²) >= 11 is 1.74. The second-order valence-corrected chi connectivity index (χ2v) is 6.55. The molecule has 0 radical (unpaired) electrons. The predicted octanol–water partition coefficient (Wildman–Crippen LogP) is 2.89. The van der Waals surface area contributed by atoms with Crippen molar-refractivity contribution in [2.75, 3.05) is 13.6 Å². The fourth-order valence-electron chi connectivity index (χ4n) is 2.98. The Morgan fingerprint density at radius 1 is 1.47 bits per heavy atom. The van der Waals surface area contributed by atoms with Crippen molar-refractivity contribution in [2.24, 2.45) is 5.92 Å². The summed E-state index contributed by atoms with van der Waals surface area (Å²) in [5.41, 5.74) is 2.34. The Morgan fingerprint density at radius 2 is 2.37 bits per heavy atom. The minimum absolute atomic E-state index is 0.0969. The van der Waals surface area contributed by atoms with E-state index in [1.807, 2.05) is 6.20 Å². The van der Waals surface area contributed by atoms with Gasteiger partial charge in [0.1, 0.15) is 0 Å². The molecule has 0 spiro atoms. The first-order valence-corrected chi connectivity index (χ1v) is 7.79. The van der Waals surface area contributed by atoms with Gasteiger partial charge in [-0.05, 0) is 48.9 Å². The number of thiophene rings is 1. The standard InChI is InChI=1S/C15H20N2OS/c1-17(10-12-3-2-4-14(12)18)9-11-7-15-13(16-8-11)5-6-19-15/h5-8,12,14,18H,2-4,9-10H2,1H3. The zero-order valence-electron chi connectivity index (χ0n) is 11.2. The maximum atomic E-state index is 9.88. The summed E-state index contributed by atoms with van der Waals surface area (Å²) < 4.78 is 1.26. The normalized spacial score (nSPS) is 23.5. The van der Waals surface area contributed by atoms with Crippen molar-refractivity contribution in [1.29, 1.82) is 0 Å². The van der Waals surface area contributed by atoms with Crippen molar-refractivity contribution < 1.29 is 5.11 Å². The largest absolute Gasteiger partial charge is 0.393 e. The third kappa shape index (κ3) is 2.96. The van der Waals surface area contributed by atoms with E-state index in [-0.39, 0.29) is 6.10 Å². The number of hydrogen-bond acceptors (Lipinski definition) is 4. The van der Waals surface area contributed by atoms with Crippen molar-refractivity contribution in [3.63, 3.8) is 0 Å². The summed E-state index contributed by atoms with van der Waals surface area (Å²) in [4.78, 5) is 6.78. The van der Waals surface area contributed by atoms with Crippen LogP contribution in [0.4, 0.5) is 0 Å². The molecule has 2 atom stereocenters. The van der Waals surface area contributed by atoms with Gasteiger partial charge in [0.2, 0.25) is 0 Å². The summed E-state index contributed by atoms with van der Waals surface area (Å²) in [5.74, 6) is 0.448. The number of aromatic nitrogens is 1. The average molecular weight is 276 g/mol. The number of pyridine rings is 1. The lowest BCUT2D eigenvalue weighted by molar-refractivity contribution is 0.108. The van der Waals surface area contributed by atoms with Crippen LogP contribution in [0.5, 0.6) is 0 Å². The number of nitrogens with zero attached hydrogens (tertiary/aromatic N) is 2. The number of fused-ring (bicyclic) bond motifs is 1. The highest BCUT2D eigenvalue weighted by atomic mass is 32.1. The van der Waals surface area contributed by atoms with Crippen LogP contribution < -0.4 is 0 Å². The number of hydrogen-bond donors (Lipinski definition) is 1. The first-order chi connectivity index (χ1) is 9.22. The van der Waals surface area contributed by atoms with Crippen LogP contribution in [-0.2, 0) is 6.54 Å². The molecule has 2 aromatic heterocycles. The lowest BCUT2D eigenvalue weighted by Gasteiger charge is -2.23. The molecule has 2 unspecified atom stereocenters. The number of rotatable bonds is 4. The van der Waals surface area contributed by atoms with Gasteiger partial charge >= 0.3 is 0 Å². The molecule has 2 aromatic rings. The Hall–Kier alpha value is -0.970. The van der Waals surface area contributed by atoms with Gasteiger partial charge < -0.3 is 10.0 Å². The smallest absolute Gasteiger partial charge is 0.0809 e. The lowest BCUT2D eigenvalue weighted by Crippen LogP contribution is -2.29. The fourth-order valence-corrected chi connectivity index (χ4v) is 3.78. The fraction of sp³-hybridized carbons (Fsp3) is 0.533. The van der Waals surface area contributed by atoms with Gasteiger partial charge in [-0.3, -0.25) is 4.98 Å². The lowest BCUT2D eigenvalue weighted by atomic mass is 10.1. The molecule has 0 bridgehead atoms. The molecule has 1 aliphatic rings.